The van der Waals surface area contributed by atoms with E-state index in [0.29, 0.717) is 17.2 Å². The Balaban J connectivity index is 1.52. The minimum atomic E-state index is -0.331. The largest absolute Gasteiger partial charge is 0.319 e. The van der Waals surface area contributed by atoms with Crippen molar-refractivity contribution in [2.45, 2.75) is 13.8 Å². The van der Waals surface area contributed by atoms with Crippen molar-refractivity contribution in [3.8, 4) is 11.5 Å². The van der Waals surface area contributed by atoms with Gasteiger partial charge in [0.05, 0.1) is 23.3 Å². The zero-order chi connectivity index (χ0) is 18.8. The Morgan fingerprint density at radius 1 is 1.07 bits per heavy atom. The number of rotatable bonds is 4. The van der Waals surface area contributed by atoms with E-state index in [0.717, 1.165) is 11.3 Å². The Hall–Kier alpha value is -3.81. The van der Waals surface area contributed by atoms with Crippen LogP contribution in [0.2, 0.25) is 0 Å². The summed E-state index contributed by atoms with van der Waals surface area (Å²) < 4.78 is 3.43. The molecule has 0 aliphatic rings. The van der Waals surface area contributed by atoms with Crippen LogP contribution in [-0.2, 0) is 0 Å². The molecule has 1 amide bonds. The molecule has 4 aromatic rings. The molecule has 0 saturated carbocycles. The third-order valence-electron chi connectivity index (χ3n) is 4.16. The van der Waals surface area contributed by atoms with Crippen LogP contribution in [0.25, 0.3) is 11.5 Å². The van der Waals surface area contributed by atoms with Crippen molar-refractivity contribution in [3.63, 3.8) is 0 Å². The number of nitrogens with one attached hydrogen (secondary N) is 1. The van der Waals surface area contributed by atoms with Crippen molar-refractivity contribution in [2.24, 2.45) is 0 Å². The first-order chi connectivity index (χ1) is 13.1. The van der Waals surface area contributed by atoms with Crippen molar-refractivity contribution in [2.75, 3.05) is 5.32 Å². The van der Waals surface area contributed by atoms with Gasteiger partial charge in [-0.1, -0.05) is 22.9 Å². The molecule has 1 N–H and O–H groups in total. The van der Waals surface area contributed by atoms with Gasteiger partial charge < -0.3 is 5.32 Å². The summed E-state index contributed by atoms with van der Waals surface area (Å²) in [6.07, 6.45) is 6.73. The third-order valence-corrected chi connectivity index (χ3v) is 4.16. The quantitative estimate of drug-likeness (QED) is 0.605. The molecular weight excluding hydrogens is 342 g/mol. The highest BCUT2D eigenvalue weighted by Gasteiger charge is 2.17. The van der Waals surface area contributed by atoms with Gasteiger partial charge in [0, 0.05) is 12.4 Å². The summed E-state index contributed by atoms with van der Waals surface area (Å²) in [5.74, 6) is 0.384. The molecule has 8 heteroatoms. The van der Waals surface area contributed by atoms with Crippen LogP contribution < -0.4 is 5.32 Å². The summed E-state index contributed by atoms with van der Waals surface area (Å²) in [7, 11) is 0. The van der Waals surface area contributed by atoms with Gasteiger partial charge in [-0.3, -0.25) is 9.36 Å². The second kappa shape index (κ2) is 6.83. The fraction of sp³-hybridized carbons (Fsp3) is 0.105. The van der Waals surface area contributed by atoms with Gasteiger partial charge in [0.15, 0.2) is 5.69 Å². The predicted octanol–water partition coefficient (Wildman–Crippen LogP) is 2.72. The van der Waals surface area contributed by atoms with Gasteiger partial charge >= 0.3 is 0 Å². The minimum Gasteiger partial charge on any atom is -0.319 e. The van der Waals surface area contributed by atoms with E-state index in [4.69, 9.17) is 0 Å². The topological polar surface area (TPSA) is 90.5 Å². The van der Waals surface area contributed by atoms with Gasteiger partial charge in [0.1, 0.15) is 12.1 Å². The Bertz CT molecular complexity index is 1060. The van der Waals surface area contributed by atoms with Crippen molar-refractivity contribution in [1.82, 2.24) is 29.5 Å². The maximum Gasteiger partial charge on any atom is 0.278 e. The SMILES string of the molecule is Cc1ccc(-n2nnc(C(=O)Nc3ccc(-n4ccnc4)nc3)c2C)cc1. The van der Waals surface area contributed by atoms with Crippen LogP contribution >= 0.6 is 0 Å². The third kappa shape index (κ3) is 3.32. The first-order valence-electron chi connectivity index (χ1n) is 8.37. The van der Waals surface area contributed by atoms with E-state index in [1.807, 2.05) is 38.1 Å². The molecule has 8 nitrogen and oxygen atoms in total. The number of aryl methyl sites for hydroxylation is 1. The zero-order valence-electron chi connectivity index (χ0n) is 14.9. The number of hydrogen-bond donors (Lipinski definition) is 1. The first kappa shape index (κ1) is 16.6. The highest BCUT2D eigenvalue weighted by Crippen LogP contribution is 2.15. The molecule has 0 fully saturated rings. The zero-order valence-corrected chi connectivity index (χ0v) is 14.9. The van der Waals surface area contributed by atoms with Gasteiger partial charge in [0.2, 0.25) is 0 Å². The van der Waals surface area contributed by atoms with E-state index in [-0.39, 0.29) is 11.6 Å². The lowest BCUT2D eigenvalue weighted by Crippen LogP contribution is -2.14. The second-order valence-electron chi connectivity index (χ2n) is 6.10. The average molecular weight is 359 g/mol. The Morgan fingerprint density at radius 3 is 2.56 bits per heavy atom. The van der Waals surface area contributed by atoms with E-state index >= 15 is 0 Å². The van der Waals surface area contributed by atoms with E-state index in [1.54, 1.807) is 46.3 Å². The summed E-state index contributed by atoms with van der Waals surface area (Å²) in [6, 6.07) is 11.4. The summed E-state index contributed by atoms with van der Waals surface area (Å²) in [6.45, 7) is 3.83. The van der Waals surface area contributed by atoms with Gasteiger partial charge in [-0.2, -0.15) is 0 Å². The number of carbonyl (C=O) groups is 1. The summed E-state index contributed by atoms with van der Waals surface area (Å²) in [4.78, 5) is 20.9. The number of pyridine rings is 1. The molecule has 134 valence electrons. The number of imidazole rings is 1. The van der Waals surface area contributed by atoms with Crippen molar-refractivity contribution in [1.29, 1.82) is 0 Å². The van der Waals surface area contributed by atoms with Gasteiger partial charge in [-0.25, -0.2) is 14.6 Å². The molecule has 27 heavy (non-hydrogen) atoms. The molecule has 3 aromatic heterocycles. The summed E-state index contributed by atoms with van der Waals surface area (Å²) >= 11 is 0. The number of nitrogens with zero attached hydrogens (tertiary/aromatic N) is 6. The van der Waals surface area contributed by atoms with E-state index < -0.39 is 0 Å². The Labute approximate surface area is 155 Å². The number of amides is 1. The number of hydrogen-bond acceptors (Lipinski definition) is 5. The van der Waals surface area contributed by atoms with E-state index in [2.05, 4.69) is 25.6 Å². The number of anilines is 1. The highest BCUT2D eigenvalue weighted by molar-refractivity contribution is 6.03. The molecule has 0 saturated heterocycles. The molecule has 4 rings (SSSR count). The maximum absolute atomic E-state index is 12.6. The molecule has 3 heterocycles. The summed E-state index contributed by atoms with van der Waals surface area (Å²) in [5, 5.41) is 10.9. The molecule has 0 spiro atoms. The molecule has 0 radical (unpaired) electrons. The van der Waals surface area contributed by atoms with Crippen LogP contribution in [0.4, 0.5) is 5.69 Å². The molecule has 0 aliphatic heterocycles. The van der Waals surface area contributed by atoms with E-state index in [9.17, 15) is 4.79 Å². The number of aromatic nitrogens is 6. The lowest BCUT2D eigenvalue weighted by atomic mass is 10.2. The molecule has 1 aromatic carbocycles. The standard InChI is InChI=1S/C19H17N7O/c1-13-3-6-16(7-4-13)26-14(2)18(23-24-26)19(27)22-15-5-8-17(21-11-15)25-10-9-20-12-25/h3-12H,1-2H3,(H,22,27). The van der Waals surface area contributed by atoms with Crippen LogP contribution in [0.1, 0.15) is 21.7 Å². The van der Waals surface area contributed by atoms with Crippen molar-refractivity contribution >= 4 is 11.6 Å². The lowest BCUT2D eigenvalue weighted by Gasteiger charge is -2.06. The normalized spacial score (nSPS) is 10.7. The average Bonchev–Trinajstić information content (AvgIpc) is 3.33. The van der Waals surface area contributed by atoms with Gasteiger partial charge in [0.25, 0.3) is 5.91 Å². The fourth-order valence-corrected chi connectivity index (χ4v) is 2.67. The second-order valence-corrected chi connectivity index (χ2v) is 6.10. The van der Waals surface area contributed by atoms with E-state index in [1.165, 1.54) is 0 Å². The fourth-order valence-electron chi connectivity index (χ4n) is 2.67. The first-order valence-corrected chi connectivity index (χ1v) is 8.37. The number of carbonyl (C=O) groups excluding carboxylic acids is 1. The van der Waals surface area contributed by atoms with Crippen molar-refractivity contribution < 1.29 is 4.79 Å². The van der Waals surface area contributed by atoms with Crippen molar-refractivity contribution in [3.05, 3.63) is 78.3 Å². The molecule has 0 bridgehead atoms. The monoisotopic (exact) mass is 359 g/mol. The van der Waals surface area contributed by atoms with Gasteiger partial charge in [-0.15, -0.1) is 5.10 Å². The number of benzene rings is 1. The Morgan fingerprint density at radius 2 is 1.89 bits per heavy atom. The minimum absolute atomic E-state index is 0.272. The van der Waals surface area contributed by atoms with Crippen LogP contribution in [0.15, 0.2) is 61.3 Å². The van der Waals surface area contributed by atoms with Crippen LogP contribution in [0.5, 0.6) is 0 Å². The molecule has 0 unspecified atom stereocenters. The smallest absolute Gasteiger partial charge is 0.278 e. The van der Waals surface area contributed by atoms with Gasteiger partial charge in [-0.05, 0) is 38.1 Å². The predicted molar refractivity (Wildman–Crippen MR) is 100 cm³/mol. The van der Waals surface area contributed by atoms with Crippen LogP contribution in [0.3, 0.4) is 0 Å². The lowest BCUT2D eigenvalue weighted by molar-refractivity contribution is 0.102. The molecular formula is C19H17N7O. The maximum atomic E-state index is 12.6. The van der Waals surface area contributed by atoms with Crippen LogP contribution in [0, 0.1) is 13.8 Å². The highest BCUT2D eigenvalue weighted by atomic mass is 16.2. The molecule has 0 aliphatic carbocycles. The Kier molecular flexibility index (Phi) is 4.21. The van der Waals surface area contributed by atoms with Crippen LogP contribution in [-0.4, -0.2) is 35.4 Å². The summed E-state index contributed by atoms with van der Waals surface area (Å²) in [5.41, 5.74) is 3.53. The molecule has 0 atom stereocenters.